The van der Waals surface area contributed by atoms with E-state index in [2.05, 4.69) is 53.5 Å². The highest BCUT2D eigenvalue weighted by atomic mass is 32.1. The highest BCUT2D eigenvalue weighted by Gasteiger charge is 2.15. The predicted molar refractivity (Wildman–Crippen MR) is 129 cm³/mol. The molecule has 156 valence electrons. The second kappa shape index (κ2) is 9.69. The van der Waals surface area contributed by atoms with Crippen LogP contribution in [0.3, 0.4) is 0 Å². The van der Waals surface area contributed by atoms with Gasteiger partial charge in [-0.3, -0.25) is 4.98 Å². The summed E-state index contributed by atoms with van der Waals surface area (Å²) in [6.45, 7) is 4.78. The number of hydrogen-bond acceptors (Lipinski definition) is 6. The fourth-order valence-corrected chi connectivity index (χ4v) is 4.10. The summed E-state index contributed by atoms with van der Waals surface area (Å²) >= 11 is 1.61. The fourth-order valence-electron chi connectivity index (χ4n) is 3.20. The summed E-state index contributed by atoms with van der Waals surface area (Å²) in [4.78, 5) is 13.8. The zero-order chi connectivity index (χ0) is 21.6. The van der Waals surface area contributed by atoms with Gasteiger partial charge in [-0.1, -0.05) is 56.0 Å². The molecule has 3 heterocycles. The average Bonchev–Trinajstić information content (AvgIpc) is 3.20. The molecule has 0 aliphatic carbocycles. The molecule has 0 amide bonds. The minimum Gasteiger partial charge on any atom is -0.367 e. The van der Waals surface area contributed by atoms with Crippen LogP contribution in [-0.2, 0) is 6.42 Å². The maximum Gasteiger partial charge on any atom is 0.162 e. The highest BCUT2D eigenvalue weighted by molar-refractivity contribution is 7.18. The van der Waals surface area contributed by atoms with Gasteiger partial charge in [-0.15, -0.1) is 11.3 Å². The maximum absolute atomic E-state index is 6.40. The first-order valence-corrected chi connectivity index (χ1v) is 11.2. The largest absolute Gasteiger partial charge is 0.367 e. The van der Waals surface area contributed by atoms with Crippen LogP contribution in [0.4, 0.5) is 5.82 Å². The molecule has 1 atom stereocenters. The zero-order valence-corrected chi connectivity index (χ0v) is 18.5. The molecule has 31 heavy (non-hydrogen) atoms. The summed E-state index contributed by atoms with van der Waals surface area (Å²) in [5, 5.41) is 5.52. The molecule has 0 bridgehead atoms. The molecular formula is C25H25N5S. The van der Waals surface area contributed by atoms with E-state index in [9.17, 15) is 0 Å². The Morgan fingerprint density at radius 2 is 1.84 bits per heavy atom. The first-order valence-electron chi connectivity index (χ1n) is 10.3. The summed E-state index contributed by atoms with van der Waals surface area (Å²) in [6.07, 6.45) is 4.30. The van der Waals surface area contributed by atoms with E-state index in [1.165, 1.54) is 5.56 Å². The first kappa shape index (κ1) is 21.0. The van der Waals surface area contributed by atoms with Crippen molar-refractivity contribution in [3.63, 3.8) is 0 Å². The normalized spacial score (nSPS) is 11.9. The smallest absolute Gasteiger partial charge is 0.162 e. The van der Waals surface area contributed by atoms with E-state index in [0.29, 0.717) is 18.3 Å². The molecule has 3 aromatic heterocycles. The summed E-state index contributed by atoms with van der Waals surface area (Å²) in [6, 6.07) is 14.1. The summed E-state index contributed by atoms with van der Waals surface area (Å²) in [5.41, 5.74) is 10.4. The molecule has 0 aliphatic heterocycles. The van der Waals surface area contributed by atoms with Crippen LogP contribution < -0.4 is 11.1 Å². The second-order valence-corrected chi connectivity index (χ2v) is 8.59. The Balaban J connectivity index is 1.65. The standard InChI is InChI=1S/C25H25N5S/c1-17(2)8-9-20-16-31-23-22(20)29-24(19-10-12-27-13-11-19)30-25(23)28-15-21(26)14-18-6-4-3-5-7-18/h3-7,10-13,16-17,21H,14-15,26H2,1-2H3,(H,28,29,30)/t21-/m0/s1. The van der Waals surface area contributed by atoms with E-state index in [1.807, 2.05) is 30.3 Å². The number of thiophene rings is 1. The van der Waals surface area contributed by atoms with Gasteiger partial charge in [0.1, 0.15) is 11.3 Å². The predicted octanol–water partition coefficient (Wildman–Crippen LogP) is 4.74. The monoisotopic (exact) mass is 427 g/mol. The lowest BCUT2D eigenvalue weighted by Gasteiger charge is -2.14. The minimum absolute atomic E-state index is 0.0306. The van der Waals surface area contributed by atoms with Crippen LogP contribution >= 0.6 is 11.3 Å². The third-order valence-electron chi connectivity index (χ3n) is 4.72. The topological polar surface area (TPSA) is 76.7 Å². The maximum atomic E-state index is 6.40. The SMILES string of the molecule is CC(C)C#Cc1csc2c(NC[C@@H](N)Cc3ccccc3)nc(-c3ccncc3)nc12. The van der Waals surface area contributed by atoms with Crippen molar-refractivity contribution in [2.24, 2.45) is 11.7 Å². The van der Waals surface area contributed by atoms with Gasteiger partial charge in [-0.25, -0.2) is 9.97 Å². The molecular weight excluding hydrogens is 402 g/mol. The molecule has 0 radical (unpaired) electrons. The lowest BCUT2D eigenvalue weighted by Crippen LogP contribution is -2.31. The molecule has 0 saturated heterocycles. The molecule has 0 saturated carbocycles. The van der Waals surface area contributed by atoms with Crippen LogP contribution in [0.1, 0.15) is 25.0 Å². The number of aromatic nitrogens is 3. The Labute approximate surface area is 186 Å². The fraction of sp³-hybridized carbons (Fsp3) is 0.240. The van der Waals surface area contributed by atoms with Crippen LogP contribution in [0.15, 0.2) is 60.2 Å². The van der Waals surface area contributed by atoms with Gasteiger partial charge in [0.05, 0.1) is 10.3 Å². The van der Waals surface area contributed by atoms with Gasteiger partial charge < -0.3 is 11.1 Å². The van der Waals surface area contributed by atoms with Crippen molar-refractivity contribution in [1.82, 2.24) is 15.0 Å². The number of anilines is 1. The molecule has 5 nitrogen and oxygen atoms in total. The van der Waals surface area contributed by atoms with E-state index >= 15 is 0 Å². The number of rotatable bonds is 6. The molecule has 6 heteroatoms. The second-order valence-electron chi connectivity index (χ2n) is 7.71. The van der Waals surface area contributed by atoms with Crippen LogP contribution in [0.2, 0.25) is 0 Å². The van der Waals surface area contributed by atoms with Gasteiger partial charge in [-0.05, 0) is 24.1 Å². The molecule has 0 spiro atoms. The number of benzene rings is 1. The highest BCUT2D eigenvalue weighted by Crippen LogP contribution is 2.32. The van der Waals surface area contributed by atoms with Crippen molar-refractivity contribution in [1.29, 1.82) is 0 Å². The number of nitrogens with zero attached hydrogens (tertiary/aromatic N) is 3. The number of fused-ring (bicyclic) bond motifs is 1. The third-order valence-corrected chi connectivity index (χ3v) is 5.70. The van der Waals surface area contributed by atoms with Crippen LogP contribution in [0.5, 0.6) is 0 Å². The van der Waals surface area contributed by atoms with Crippen LogP contribution in [-0.4, -0.2) is 27.5 Å². The van der Waals surface area contributed by atoms with Gasteiger partial charge in [0.15, 0.2) is 5.82 Å². The lowest BCUT2D eigenvalue weighted by molar-refractivity contribution is 0.698. The van der Waals surface area contributed by atoms with Crippen molar-refractivity contribution in [2.75, 3.05) is 11.9 Å². The van der Waals surface area contributed by atoms with Gasteiger partial charge in [-0.2, -0.15) is 0 Å². The summed E-state index contributed by atoms with van der Waals surface area (Å²) in [5.74, 6) is 8.26. The van der Waals surface area contributed by atoms with Gasteiger partial charge in [0.2, 0.25) is 0 Å². The van der Waals surface area contributed by atoms with Crippen molar-refractivity contribution in [3.05, 3.63) is 71.4 Å². The Kier molecular flexibility index (Phi) is 6.56. The van der Waals surface area contributed by atoms with E-state index in [1.54, 1.807) is 23.7 Å². The molecule has 1 aromatic carbocycles. The Morgan fingerprint density at radius 3 is 2.58 bits per heavy atom. The number of nitrogens with one attached hydrogen (secondary N) is 1. The van der Waals surface area contributed by atoms with E-state index in [4.69, 9.17) is 15.7 Å². The van der Waals surface area contributed by atoms with Gasteiger partial charge >= 0.3 is 0 Å². The van der Waals surface area contributed by atoms with Crippen molar-refractivity contribution in [3.8, 4) is 23.2 Å². The van der Waals surface area contributed by atoms with E-state index in [0.717, 1.165) is 33.6 Å². The molecule has 0 aliphatic rings. The Hall–Kier alpha value is -3.27. The lowest BCUT2D eigenvalue weighted by atomic mass is 10.1. The first-order chi connectivity index (χ1) is 15.1. The number of pyridine rings is 1. The molecule has 4 aromatic rings. The average molecular weight is 428 g/mol. The number of nitrogens with two attached hydrogens (primary N) is 1. The van der Waals surface area contributed by atoms with Gasteiger partial charge in [0.25, 0.3) is 0 Å². The molecule has 0 fully saturated rings. The van der Waals surface area contributed by atoms with Crippen LogP contribution in [0.25, 0.3) is 21.6 Å². The molecule has 0 unspecified atom stereocenters. The van der Waals surface area contributed by atoms with Crippen molar-refractivity contribution >= 4 is 27.4 Å². The van der Waals surface area contributed by atoms with Crippen LogP contribution in [0, 0.1) is 17.8 Å². The third kappa shape index (κ3) is 5.26. The quantitative estimate of drug-likeness (QED) is 0.435. The Bertz CT molecular complexity index is 1210. The van der Waals surface area contributed by atoms with E-state index in [-0.39, 0.29) is 6.04 Å². The molecule has 4 rings (SSSR count). The number of hydrogen-bond donors (Lipinski definition) is 2. The zero-order valence-electron chi connectivity index (χ0n) is 17.7. The summed E-state index contributed by atoms with van der Waals surface area (Å²) in [7, 11) is 0. The summed E-state index contributed by atoms with van der Waals surface area (Å²) < 4.78 is 0.998. The minimum atomic E-state index is -0.0306. The molecule has 3 N–H and O–H groups in total. The van der Waals surface area contributed by atoms with Crippen molar-refractivity contribution in [2.45, 2.75) is 26.3 Å². The van der Waals surface area contributed by atoms with E-state index < -0.39 is 0 Å². The Morgan fingerprint density at radius 1 is 1.06 bits per heavy atom. The van der Waals surface area contributed by atoms with Crippen molar-refractivity contribution < 1.29 is 0 Å². The van der Waals surface area contributed by atoms with Gasteiger partial charge in [0, 0.05) is 41.8 Å².